The largest absolute Gasteiger partial charge is 0.329 e. The van der Waals surface area contributed by atoms with Gasteiger partial charge in [-0.3, -0.25) is 9.58 Å². The number of rotatable bonds is 3. The maximum absolute atomic E-state index is 5.89. The predicted molar refractivity (Wildman–Crippen MR) is 72.1 cm³/mol. The van der Waals surface area contributed by atoms with Crippen LogP contribution in [0.1, 0.15) is 25.5 Å². The highest BCUT2D eigenvalue weighted by Crippen LogP contribution is 2.23. The van der Waals surface area contributed by atoms with Gasteiger partial charge in [-0.2, -0.15) is 5.10 Å². The number of nitrogens with zero attached hydrogens (tertiary/aromatic N) is 3. The first-order valence-electron chi connectivity index (χ1n) is 6.13. The molecule has 1 aromatic rings. The highest BCUT2D eigenvalue weighted by molar-refractivity contribution is 5.85. The first-order chi connectivity index (χ1) is 7.72. The van der Waals surface area contributed by atoms with E-state index in [1.807, 2.05) is 17.9 Å². The van der Waals surface area contributed by atoms with E-state index in [2.05, 4.69) is 23.0 Å². The molecule has 0 radical (unpaired) electrons. The Morgan fingerprint density at radius 2 is 2.29 bits per heavy atom. The Balaban J connectivity index is 0.00000144. The predicted octanol–water partition coefficient (Wildman–Crippen LogP) is 1.40. The number of aryl methyl sites for hydroxylation is 1. The lowest BCUT2D eigenvalue weighted by Gasteiger charge is -2.39. The van der Waals surface area contributed by atoms with Gasteiger partial charge in [0.25, 0.3) is 0 Å². The Hall–Kier alpha value is -0.580. The van der Waals surface area contributed by atoms with Crippen molar-refractivity contribution in [3.63, 3.8) is 0 Å². The molecule has 1 aromatic heterocycles. The Bertz CT molecular complexity index is 339. The van der Waals surface area contributed by atoms with Gasteiger partial charge in [0.2, 0.25) is 0 Å². The van der Waals surface area contributed by atoms with E-state index in [4.69, 9.17) is 5.73 Å². The summed E-state index contributed by atoms with van der Waals surface area (Å²) in [5.74, 6) is 0.715. The minimum atomic E-state index is 0. The Labute approximate surface area is 110 Å². The first-order valence-corrected chi connectivity index (χ1v) is 6.13. The van der Waals surface area contributed by atoms with Gasteiger partial charge in [0.1, 0.15) is 0 Å². The molecule has 0 bridgehead atoms. The van der Waals surface area contributed by atoms with Crippen molar-refractivity contribution >= 4 is 12.4 Å². The van der Waals surface area contributed by atoms with E-state index in [1.165, 1.54) is 18.5 Å². The SMILES string of the molecule is CC1CCCN(Cc2ccnn2C)C1CN.Cl. The molecule has 1 fully saturated rings. The zero-order chi connectivity index (χ0) is 11.5. The summed E-state index contributed by atoms with van der Waals surface area (Å²) in [6.45, 7) is 5.21. The summed E-state index contributed by atoms with van der Waals surface area (Å²) in [4.78, 5) is 2.51. The van der Waals surface area contributed by atoms with Gasteiger partial charge in [0, 0.05) is 32.4 Å². The van der Waals surface area contributed by atoms with Crippen LogP contribution in [0.25, 0.3) is 0 Å². The van der Waals surface area contributed by atoms with Crippen molar-refractivity contribution in [2.45, 2.75) is 32.4 Å². The standard InChI is InChI=1S/C12H22N4.ClH/c1-10-4-3-7-16(12(10)8-13)9-11-5-6-14-15(11)2;/h5-6,10,12H,3-4,7-9,13H2,1-2H3;1H. The van der Waals surface area contributed by atoms with Crippen LogP contribution in [-0.2, 0) is 13.6 Å². The molecular weight excluding hydrogens is 236 g/mol. The zero-order valence-corrected chi connectivity index (χ0v) is 11.5. The molecule has 2 unspecified atom stereocenters. The molecule has 0 saturated carbocycles. The average molecular weight is 259 g/mol. The molecule has 0 spiro atoms. The topological polar surface area (TPSA) is 47.1 Å². The molecule has 4 nitrogen and oxygen atoms in total. The third kappa shape index (κ3) is 3.21. The molecule has 17 heavy (non-hydrogen) atoms. The molecule has 0 aromatic carbocycles. The number of nitrogens with two attached hydrogens (primary N) is 1. The van der Waals surface area contributed by atoms with Crippen LogP contribution in [0.4, 0.5) is 0 Å². The Kier molecular flexibility index (Phi) is 5.43. The lowest BCUT2D eigenvalue weighted by molar-refractivity contribution is 0.0965. The van der Waals surface area contributed by atoms with Crippen molar-refractivity contribution in [3.05, 3.63) is 18.0 Å². The molecule has 0 aliphatic carbocycles. The molecule has 2 heterocycles. The highest BCUT2D eigenvalue weighted by Gasteiger charge is 2.27. The molecule has 98 valence electrons. The van der Waals surface area contributed by atoms with Crippen molar-refractivity contribution < 1.29 is 0 Å². The van der Waals surface area contributed by atoms with E-state index in [1.54, 1.807) is 0 Å². The number of piperidine rings is 1. The van der Waals surface area contributed by atoms with Crippen LogP contribution in [0, 0.1) is 5.92 Å². The molecule has 2 rings (SSSR count). The second kappa shape index (κ2) is 6.38. The molecule has 2 N–H and O–H groups in total. The monoisotopic (exact) mass is 258 g/mol. The van der Waals surface area contributed by atoms with Crippen LogP contribution >= 0.6 is 12.4 Å². The summed E-state index contributed by atoms with van der Waals surface area (Å²) >= 11 is 0. The number of halogens is 1. The molecule has 1 aliphatic rings. The second-order valence-electron chi connectivity index (χ2n) is 4.84. The van der Waals surface area contributed by atoms with E-state index in [-0.39, 0.29) is 12.4 Å². The van der Waals surface area contributed by atoms with Crippen LogP contribution in [0.3, 0.4) is 0 Å². The van der Waals surface area contributed by atoms with Gasteiger partial charge in [0.05, 0.1) is 5.69 Å². The van der Waals surface area contributed by atoms with E-state index >= 15 is 0 Å². The van der Waals surface area contributed by atoms with E-state index in [0.29, 0.717) is 12.0 Å². The maximum atomic E-state index is 5.89. The third-order valence-corrected chi connectivity index (χ3v) is 3.76. The van der Waals surface area contributed by atoms with E-state index in [9.17, 15) is 0 Å². The van der Waals surface area contributed by atoms with Crippen molar-refractivity contribution in [3.8, 4) is 0 Å². The van der Waals surface area contributed by atoms with Crippen molar-refractivity contribution in [2.24, 2.45) is 18.7 Å². The average Bonchev–Trinajstić information content (AvgIpc) is 2.65. The summed E-state index contributed by atoms with van der Waals surface area (Å²) in [5.41, 5.74) is 7.16. The number of hydrogen-bond donors (Lipinski definition) is 1. The second-order valence-corrected chi connectivity index (χ2v) is 4.84. The molecular formula is C12H23ClN4. The van der Waals surface area contributed by atoms with Gasteiger partial charge in [-0.15, -0.1) is 12.4 Å². The summed E-state index contributed by atoms with van der Waals surface area (Å²) in [6.07, 6.45) is 4.46. The number of hydrogen-bond acceptors (Lipinski definition) is 3. The molecule has 1 saturated heterocycles. The third-order valence-electron chi connectivity index (χ3n) is 3.76. The smallest absolute Gasteiger partial charge is 0.0521 e. The number of likely N-dealkylation sites (tertiary alicyclic amines) is 1. The van der Waals surface area contributed by atoms with Crippen LogP contribution in [-0.4, -0.2) is 33.8 Å². The summed E-state index contributed by atoms with van der Waals surface area (Å²) in [5, 5.41) is 4.21. The van der Waals surface area contributed by atoms with E-state index in [0.717, 1.165) is 19.6 Å². The van der Waals surface area contributed by atoms with Crippen LogP contribution in [0.5, 0.6) is 0 Å². The van der Waals surface area contributed by atoms with Gasteiger partial charge in [-0.25, -0.2) is 0 Å². The zero-order valence-electron chi connectivity index (χ0n) is 10.7. The van der Waals surface area contributed by atoms with Crippen molar-refractivity contribution in [2.75, 3.05) is 13.1 Å². The van der Waals surface area contributed by atoms with Gasteiger partial charge in [-0.1, -0.05) is 6.92 Å². The quantitative estimate of drug-likeness (QED) is 0.892. The first kappa shape index (κ1) is 14.5. The lowest BCUT2D eigenvalue weighted by atomic mass is 9.91. The Morgan fingerprint density at radius 1 is 1.53 bits per heavy atom. The van der Waals surface area contributed by atoms with Crippen LogP contribution in [0.2, 0.25) is 0 Å². The fourth-order valence-electron chi connectivity index (χ4n) is 2.68. The molecule has 1 aliphatic heterocycles. The van der Waals surface area contributed by atoms with E-state index < -0.39 is 0 Å². The molecule has 5 heteroatoms. The maximum Gasteiger partial charge on any atom is 0.0521 e. The van der Waals surface area contributed by atoms with Crippen molar-refractivity contribution in [1.82, 2.24) is 14.7 Å². The summed E-state index contributed by atoms with van der Waals surface area (Å²) in [6, 6.07) is 2.62. The fourth-order valence-corrected chi connectivity index (χ4v) is 2.68. The van der Waals surface area contributed by atoms with Gasteiger partial charge >= 0.3 is 0 Å². The van der Waals surface area contributed by atoms with Crippen molar-refractivity contribution in [1.29, 1.82) is 0 Å². The van der Waals surface area contributed by atoms with Crippen LogP contribution in [0.15, 0.2) is 12.3 Å². The minimum Gasteiger partial charge on any atom is -0.329 e. The Morgan fingerprint density at radius 3 is 2.88 bits per heavy atom. The fraction of sp³-hybridized carbons (Fsp3) is 0.750. The van der Waals surface area contributed by atoms with Gasteiger partial charge in [0.15, 0.2) is 0 Å². The molecule has 2 atom stereocenters. The highest BCUT2D eigenvalue weighted by atomic mass is 35.5. The van der Waals surface area contributed by atoms with Gasteiger partial charge < -0.3 is 5.73 Å². The molecule has 0 amide bonds. The van der Waals surface area contributed by atoms with Gasteiger partial charge in [-0.05, 0) is 31.4 Å². The summed E-state index contributed by atoms with van der Waals surface area (Å²) < 4.78 is 1.95. The minimum absolute atomic E-state index is 0. The summed E-state index contributed by atoms with van der Waals surface area (Å²) in [7, 11) is 2.00. The number of aromatic nitrogens is 2. The van der Waals surface area contributed by atoms with Crippen LogP contribution < -0.4 is 5.73 Å². The lowest BCUT2D eigenvalue weighted by Crippen LogP contribution is -2.48. The normalized spacial score (nSPS) is 25.6.